The molecule has 1 N–H and O–H groups in total. The molecular formula is C15H13N3O6. The number of hydrogen-bond acceptors (Lipinski definition) is 6. The maximum atomic E-state index is 12.1. The summed E-state index contributed by atoms with van der Waals surface area (Å²) in [6.45, 7) is 1.46. The third kappa shape index (κ3) is 4.03. The van der Waals surface area contributed by atoms with Crippen molar-refractivity contribution < 1.29 is 19.4 Å². The minimum absolute atomic E-state index is 0.0617. The number of amides is 1. The van der Waals surface area contributed by atoms with Crippen molar-refractivity contribution >= 4 is 23.0 Å². The van der Waals surface area contributed by atoms with Gasteiger partial charge in [0.05, 0.1) is 9.85 Å². The van der Waals surface area contributed by atoms with Crippen molar-refractivity contribution in [3.05, 3.63) is 68.8 Å². The van der Waals surface area contributed by atoms with Gasteiger partial charge in [0.15, 0.2) is 6.10 Å². The molecule has 0 heterocycles. The number of carbonyl (C=O) groups excluding carboxylic acids is 1. The molecule has 0 unspecified atom stereocenters. The fraction of sp³-hybridized carbons (Fsp3) is 0.133. The summed E-state index contributed by atoms with van der Waals surface area (Å²) in [6.07, 6.45) is -0.953. The van der Waals surface area contributed by atoms with Gasteiger partial charge in [0, 0.05) is 18.2 Å². The molecule has 0 spiro atoms. The zero-order valence-electron chi connectivity index (χ0n) is 12.5. The highest BCUT2D eigenvalue weighted by Crippen LogP contribution is 2.24. The van der Waals surface area contributed by atoms with E-state index in [1.165, 1.54) is 49.4 Å². The molecule has 2 aromatic rings. The Morgan fingerprint density at radius 2 is 1.67 bits per heavy atom. The summed E-state index contributed by atoms with van der Waals surface area (Å²) in [7, 11) is 0. The third-order valence-electron chi connectivity index (χ3n) is 3.09. The molecule has 2 aromatic carbocycles. The monoisotopic (exact) mass is 331 g/mol. The van der Waals surface area contributed by atoms with Crippen LogP contribution in [0.3, 0.4) is 0 Å². The number of non-ortho nitro benzene ring substituents is 1. The molecule has 9 heteroatoms. The number of rotatable bonds is 6. The van der Waals surface area contributed by atoms with E-state index in [4.69, 9.17) is 4.74 Å². The van der Waals surface area contributed by atoms with Gasteiger partial charge in [0.2, 0.25) is 0 Å². The average Bonchev–Trinajstić information content (AvgIpc) is 2.55. The Hall–Kier alpha value is -3.49. The highest BCUT2D eigenvalue weighted by Gasteiger charge is 2.20. The zero-order valence-corrected chi connectivity index (χ0v) is 12.5. The van der Waals surface area contributed by atoms with Crippen molar-refractivity contribution in [3.8, 4) is 5.75 Å². The van der Waals surface area contributed by atoms with Crippen LogP contribution in [0.5, 0.6) is 5.75 Å². The Morgan fingerprint density at radius 1 is 1.04 bits per heavy atom. The fourth-order valence-electron chi connectivity index (χ4n) is 1.88. The number of nitro benzene ring substituents is 2. The highest BCUT2D eigenvalue weighted by atomic mass is 16.6. The zero-order chi connectivity index (χ0) is 17.7. The summed E-state index contributed by atoms with van der Waals surface area (Å²) < 4.78 is 5.38. The van der Waals surface area contributed by atoms with E-state index < -0.39 is 21.9 Å². The van der Waals surface area contributed by atoms with Gasteiger partial charge in [-0.25, -0.2) is 0 Å². The maximum Gasteiger partial charge on any atom is 0.292 e. The molecular weight excluding hydrogens is 318 g/mol. The molecule has 0 saturated heterocycles. The van der Waals surface area contributed by atoms with Gasteiger partial charge in [-0.3, -0.25) is 25.0 Å². The van der Waals surface area contributed by atoms with Crippen LogP contribution < -0.4 is 10.1 Å². The van der Waals surface area contributed by atoms with Crippen LogP contribution in [0.25, 0.3) is 0 Å². The number of nitrogens with zero attached hydrogens (tertiary/aromatic N) is 2. The number of anilines is 1. The number of nitrogens with one attached hydrogen (secondary N) is 1. The van der Waals surface area contributed by atoms with Crippen LogP contribution >= 0.6 is 0 Å². The molecule has 24 heavy (non-hydrogen) atoms. The second-order valence-electron chi connectivity index (χ2n) is 4.77. The number of ether oxygens (including phenoxy) is 1. The maximum absolute atomic E-state index is 12.1. The minimum Gasteiger partial charge on any atom is -0.481 e. The molecule has 0 aliphatic rings. The lowest BCUT2D eigenvalue weighted by molar-refractivity contribution is -0.384. The summed E-state index contributed by atoms with van der Waals surface area (Å²) in [5.41, 5.74) is -0.264. The van der Waals surface area contributed by atoms with E-state index >= 15 is 0 Å². The second kappa shape index (κ2) is 7.18. The number of nitro groups is 2. The van der Waals surface area contributed by atoms with Gasteiger partial charge in [-0.05, 0) is 25.1 Å². The second-order valence-corrected chi connectivity index (χ2v) is 4.77. The van der Waals surface area contributed by atoms with Crippen molar-refractivity contribution in [2.24, 2.45) is 0 Å². The van der Waals surface area contributed by atoms with E-state index in [-0.39, 0.29) is 22.8 Å². The van der Waals surface area contributed by atoms with Crippen molar-refractivity contribution in [2.45, 2.75) is 13.0 Å². The van der Waals surface area contributed by atoms with Gasteiger partial charge in [-0.2, -0.15) is 0 Å². The van der Waals surface area contributed by atoms with Crippen LogP contribution in [-0.4, -0.2) is 21.9 Å². The number of carbonyl (C=O) groups is 1. The van der Waals surface area contributed by atoms with Gasteiger partial charge >= 0.3 is 0 Å². The first-order chi connectivity index (χ1) is 11.4. The number of benzene rings is 2. The molecule has 0 aliphatic heterocycles. The van der Waals surface area contributed by atoms with E-state index in [2.05, 4.69) is 5.32 Å². The van der Waals surface area contributed by atoms with Crippen molar-refractivity contribution in [1.82, 2.24) is 0 Å². The SMILES string of the molecule is C[C@@H](Oc1ccc([N+](=O)[O-])cc1)C(=O)Nc1ccccc1[N+](=O)[O-]. The van der Waals surface area contributed by atoms with Crippen LogP contribution in [0.15, 0.2) is 48.5 Å². The van der Waals surface area contributed by atoms with Crippen molar-refractivity contribution in [1.29, 1.82) is 0 Å². The van der Waals surface area contributed by atoms with Crippen molar-refractivity contribution in [2.75, 3.05) is 5.32 Å². The highest BCUT2D eigenvalue weighted by molar-refractivity contribution is 5.96. The standard InChI is InChI=1S/C15H13N3O6/c1-10(24-12-8-6-11(7-9-12)17(20)21)15(19)16-13-4-2-3-5-14(13)18(22)23/h2-10H,1H3,(H,16,19)/t10-/m1/s1. The first-order valence-corrected chi connectivity index (χ1v) is 6.84. The molecule has 1 atom stereocenters. The van der Waals surface area contributed by atoms with Gasteiger partial charge in [0.25, 0.3) is 17.3 Å². The van der Waals surface area contributed by atoms with Gasteiger partial charge in [-0.15, -0.1) is 0 Å². The Bertz CT molecular complexity index is 775. The summed E-state index contributed by atoms with van der Waals surface area (Å²) in [5.74, 6) is -0.312. The fourth-order valence-corrected chi connectivity index (χ4v) is 1.88. The molecule has 0 aliphatic carbocycles. The van der Waals surface area contributed by atoms with E-state index in [0.717, 1.165) is 0 Å². The molecule has 1 amide bonds. The Kier molecular flexibility index (Phi) is 5.05. The van der Waals surface area contributed by atoms with E-state index in [1.54, 1.807) is 6.07 Å². The van der Waals surface area contributed by atoms with Crippen LogP contribution in [0.1, 0.15) is 6.92 Å². The summed E-state index contributed by atoms with van der Waals surface area (Å²) >= 11 is 0. The smallest absolute Gasteiger partial charge is 0.292 e. The van der Waals surface area contributed by atoms with Crippen LogP contribution in [0, 0.1) is 20.2 Å². The van der Waals surface area contributed by atoms with Gasteiger partial charge < -0.3 is 10.1 Å². The summed E-state index contributed by atoms with van der Waals surface area (Å²) in [6, 6.07) is 11.0. The minimum atomic E-state index is -0.953. The predicted octanol–water partition coefficient (Wildman–Crippen LogP) is 2.91. The molecule has 0 bridgehead atoms. The first-order valence-electron chi connectivity index (χ1n) is 6.84. The predicted molar refractivity (Wildman–Crippen MR) is 84.9 cm³/mol. The lowest BCUT2D eigenvalue weighted by Crippen LogP contribution is -2.30. The van der Waals surface area contributed by atoms with E-state index in [9.17, 15) is 25.0 Å². The molecule has 9 nitrogen and oxygen atoms in total. The number of para-hydroxylation sites is 2. The largest absolute Gasteiger partial charge is 0.481 e. The normalized spacial score (nSPS) is 11.4. The van der Waals surface area contributed by atoms with Gasteiger partial charge in [0.1, 0.15) is 11.4 Å². The van der Waals surface area contributed by atoms with Crippen LogP contribution in [-0.2, 0) is 4.79 Å². The molecule has 0 radical (unpaired) electrons. The third-order valence-corrected chi connectivity index (χ3v) is 3.09. The number of hydrogen-bond donors (Lipinski definition) is 1. The van der Waals surface area contributed by atoms with Crippen LogP contribution in [0.4, 0.5) is 17.1 Å². The van der Waals surface area contributed by atoms with Crippen LogP contribution in [0.2, 0.25) is 0 Å². The topological polar surface area (TPSA) is 125 Å². The Labute approximate surface area is 136 Å². The summed E-state index contributed by atoms with van der Waals surface area (Å²) in [4.78, 5) is 32.5. The van der Waals surface area contributed by atoms with E-state index in [1.807, 2.05) is 0 Å². The molecule has 0 fully saturated rings. The molecule has 0 saturated carbocycles. The molecule has 2 rings (SSSR count). The lowest BCUT2D eigenvalue weighted by Gasteiger charge is -2.14. The quantitative estimate of drug-likeness (QED) is 0.641. The Balaban J connectivity index is 2.05. The average molecular weight is 331 g/mol. The molecule has 124 valence electrons. The van der Waals surface area contributed by atoms with Gasteiger partial charge in [-0.1, -0.05) is 12.1 Å². The molecule has 0 aromatic heterocycles. The lowest BCUT2D eigenvalue weighted by atomic mass is 10.2. The van der Waals surface area contributed by atoms with Crippen molar-refractivity contribution in [3.63, 3.8) is 0 Å². The summed E-state index contributed by atoms with van der Waals surface area (Å²) in [5, 5.41) is 23.9. The Morgan fingerprint density at radius 3 is 2.25 bits per heavy atom. The van der Waals surface area contributed by atoms with E-state index in [0.29, 0.717) is 0 Å². The first kappa shape index (κ1) is 16.9.